The third-order valence-electron chi connectivity index (χ3n) is 16.7. The average molecular weight is 954 g/mol. The van der Waals surface area contributed by atoms with Gasteiger partial charge in [0.2, 0.25) is 0 Å². The lowest BCUT2D eigenvalue weighted by molar-refractivity contribution is 0.324. The van der Waals surface area contributed by atoms with Crippen molar-refractivity contribution >= 4 is 88.9 Å². The maximum Gasteiger partial charge on any atom is 0.264 e. The van der Waals surface area contributed by atoms with Gasteiger partial charge in [0, 0.05) is 65.5 Å². The molecule has 0 amide bonds. The highest BCUT2D eigenvalue weighted by Crippen LogP contribution is 2.54. The van der Waals surface area contributed by atoms with Gasteiger partial charge < -0.3 is 14.4 Å². The number of hydrogen-bond acceptors (Lipinski definition) is 3. The van der Waals surface area contributed by atoms with Crippen LogP contribution in [0.2, 0.25) is 0 Å². The van der Waals surface area contributed by atoms with Crippen molar-refractivity contribution in [1.29, 1.82) is 0 Å². The number of rotatable bonds is 3. The van der Waals surface area contributed by atoms with Crippen LogP contribution in [0.15, 0.2) is 109 Å². The summed E-state index contributed by atoms with van der Waals surface area (Å²) >= 11 is 2.01. The summed E-state index contributed by atoms with van der Waals surface area (Å²) in [5.74, 6) is 0. The van der Waals surface area contributed by atoms with Crippen molar-refractivity contribution in [3.8, 4) is 5.69 Å². The van der Waals surface area contributed by atoms with Crippen LogP contribution in [0.3, 0.4) is 0 Å². The van der Waals surface area contributed by atoms with E-state index in [2.05, 4.69) is 248 Å². The predicted octanol–water partition coefficient (Wildman–Crippen LogP) is 17.1. The highest BCUT2D eigenvalue weighted by atomic mass is 32.1. The van der Waals surface area contributed by atoms with Crippen LogP contribution in [0.4, 0.5) is 34.1 Å². The Bertz CT molecular complexity index is 3460. The molecule has 2 aliphatic heterocycles. The van der Waals surface area contributed by atoms with Gasteiger partial charge >= 0.3 is 0 Å². The minimum absolute atomic E-state index is 0.00115. The molecule has 0 saturated heterocycles. The number of aryl methyl sites for hydroxylation is 2. The average Bonchev–Trinajstić information content (AvgIpc) is 3.83. The van der Waals surface area contributed by atoms with E-state index in [0.717, 1.165) is 12.8 Å². The first kappa shape index (κ1) is 47.8. The third-order valence-corrected chi connectivity index (χ3v) is 17.9. The maximum atomic E-state index is 2.76. The molecule has 0 fully saturated rings. The fourth-order valence-electron chi connectivity index (χ4n) is 12.4. The summed E-state index contributed by atoms with van der Waals surface area (Å²) in [5, 5.41) is 2.72. The molecule has 0 spiro atoms. The van der Waals surface area contributed by atoms with Gasteiger partial charge in [-0.2, -0.15) is 0 Å². The van der Waals surface area contributed by atoms with Gasteiger partial charge in [0.05, 0.1) is 11.2 Å². The quantitative estimate of drug-likeness (QED) is 0.164. The van der Waals surface area contributed by atoms with Crippen molar-refractivity contribution in [3.63, 3.8) is 0 Å². The number of aromatic nitrogens is 1. The molecule has 3 aliphatic rings. The van der Waals surface area contributed by atoms with Crippen LogP contribution in [-0.4, -0.2) is 11.3 Å². The van der Waals surface area contributed by atoms with Crippen LogP contribution in [0, 0.1) is 13.8 Å². The molecule has 0 unspecified atom stereocenters. The number of thiophene rings is 1. The van der Waals surface area contributed by atoms with E-state index in [1.807, 2.05) is 11.3 Å². The molecule has 364 valence electrons. The zero-order valence-corrected chi connectivity index (χ0v) is 47.0. The summed E-state index contributed by atoms with van der Waals surface area (Å²) in [5.41, 5.74) is 23.9. The Morgan fingerprint density at radius 1 is 0.507 bits per heavy atom. The highest BCUT2D eigenvalue weighted by Gasteiger charge is 2.48. The molecule has 6 aromatic carbocycles. The summed E-state index contributed by atoms with van der Waals surface area (Å²) in [6, 6.07) is 43.7. The van der Waals surface area contributed by atoms with Crippen LogP contribution in [0.1, 0.15) is 168 Å². The third kappa shape index (κ3) is 7.48. The second-order valence-electron chi connectivity index (χ2n) is 27.2. The van der Waals surface area contributed by atoms with Gasteiger partial charge in [0.15, 0.2) is 0 Å². The molecule has 11 rings (SSSR count). The van der Waals surface area contributed by atoms with Gasteiger partial charge in [-0.3, -0.25) is 0 Å². The zero-order valence-electron chi connectivity index (χ0n) is 46.1. The van der Waals surface area contributed by atoms with Crippen molar-refractivity contribution in [3.05, 3.63) is 154 Å². The molecule has 71 heavy (non-hydrogen) atoms. The molecule has 8 aromatic rings. The molecule has 1 aliphatic carbocycles. The Morgan fingerprint density at radius 2 is 1.08 bits per heavy atom. The summed E-state index contributed by atoms with van der Waals surface area (Å²) in [7, 11) is 0. The Labute approximate surface area is 430 Å². The van der Waals surface area contributed by atoms with Crippen LogP contribution in [0.5, 0.6) is 0 Å². The van der Waals surface area contributed by atoms with Crippen molar-refractivity contribution < 1.29 is 0 Å². The van der Waals surface area contributed by atoms with E-state index in [-0.39, 0.29) is 39.2 Å². The van der Waals surface area contributed by atoms with Gasteiger partial charge in [-0.05, 0) is 170 Å². The van der Waals surface area contributed by atoms with Crippen molar-refractivity contribution in [2.45, 2.75) is 170 Å². The minimum Gasteiger partial charge on any atom is -0.313 e. The summed E-state index contributed by atoms with van der Waals surface area (Å²) in [4.78, 5) is 5.30. The van der Waals surface area contributed by atoms with E-state index in [1.54, 1.807) is 0 Å². The summed E-state index contributed by atoms with van der Waals surface area (Å²) in [6.45, 7) is 42.9. The van der Waals surface area contributed by atoms with E-state index >= 15 is 0 Å². The molecular weight excluding hydrogens is 878 g/mol. The standard InChI is InChI=1S/C66H76BN3S/c1-39-31-53-57-54(32-39)70(50-22-20-19-21-40(50)2)52-37-47-51(69(59-56(47)65(15,16)29-30-66(59,17)18)46-34-43(63(9,10)11)33-44(35-46)64(12,13)14)38-49(52)67(57)60-58(48-36-42(62(6,7)8)25-28-55(48)71-60)68(53)45-26-23-41(24-27-45)61(3,4)5/h19-28,31-38H,29-30H2,1-18H3. The van der Waals surface area contributed by atoms with Crippen molar-refractivity contribution in [2.24, 2.45) is 0 Å². The lowest BCUT2D eigenvalue weighted by atomic mass is 9.36. The zero-order chi connectivity index (χ0) is 50.9. The molecule has 5 heteroatoms. The Kier molecular flexibility index (Phi) is 10.4. The smallest absolute Gasteiger partial charge is 0.264 e. The largest absolute Gasteiger partial charge is 0.313 e. The van der Waals surface area contributed by atoms with E-state index < -0.39 is 0 Å². The van der Waals surface area contributed by atoms with E-state index in [0.29, 0.717) is 0 Å². The normalized spacial score (nSPS) is 16.3. The number of nitrogens with zero attached hydrogens (tertiary/aromatic N) is 3. The predicted molar refractivity (Wildman–Crippen MR) is 312 cm³/mol. The van der Waals surface area contributed by atoms with Gasteiger partial charge in [-0.15, -0.1) is 11.3 Å². The summed E-state index contributed by atoms with van der Waals surface area (Å²) < 4.78 is 5.51. The fraction of sp³-hybridized carbons (Fsp3) is 0.394. The van der Waals surface area contributed by atoms with Crippen LogP contribution < -0.4 is 25.5 Å². The first-order chi connectivity index (χ1) is 33.0. The second kappa shape index (κ2) is 15.5. The van der Waals surface area contributed by atoms with Crippen LogP contribution >= 0.6 is 11.3 Å². The van der Waals surface area contributed by atoms with E-state index in [4.69, 9.17) is 0 Å². The lowest BCUT2D eigenvalue weighted by Gasteiger charge is -2.44. The second-order valence-corrected chi connectivity index (χ2v) is 28.3. The van der Waals surface area contributed by atoms with Crippen molar-refractivity contribution in [2.75, 3.05) is 9.80 Å². The number of benzene rings is 6. The SMILES string of the molecule is Cc1cc2c3c(c1)N(c1ccc(C(C)(C)C)cc1)c1c(sc4ccc(C(C)(C)C)cc14)B3c1cc3c(cc1N2c1ccccc1C)c1c(n3-c2cc(C(C)(C)C)cc(C(C)(C)C)c2)C(C)(C)CCC1(C)C. The van der Waals surface area contributed by atoms with E-state index in [1.165, 1.54) is 121 Å². The van der Waals surface area contributed by atoms with E-state index in [9.17, 15) is 0 Å². The van der Waals surface area contributed by atoms with Crippen LogP contribution in [0.25, 0.3) is 26.7 Å². The van der Waals surface area contributed by atoms with Gasteiger partial charge in [-0.1, -0.05) is 153 Å². The molecule has 0 atom stereocenters. The number of para-hydroxylation sites is 1. The van der Waals surface area contributed by atoms with Gasteiger partial charge in [-0.25, -0.2) is 0 Å². The lowest BCUT2D eigenvalue weighted by Crippen LogP contribution is -2.60. The van der Waals surface area contributed by atoms with Crippen LogP contribution in [-0.2, 0) is 32.5 Å². The molecule has 0 N–H and O–H groups in total. The first-order valence-electron chi connectivity index (χ1n) is 26.4. The Hall–Kier alpha value is -5.52. The number of fused-ring (bicyclic) bond motifs is 9. The highest BCUT2D eigenvalue weighted by molar-refractivity contribution is 7.33. The molecular formula is C66H76BN3S. The minimum atomic E-state index is -0.0513. The molecule has 2 aromatic heterocycles. The topological polar surface area (TPSA) is 11.4 Å². The molecule has 0 bridgehead atoms. The molecule has 4 heterocycles. The fourth-order valence-corrected chi connectivity index (χ4v) is 13.7. The Morgan fingerprint density at radius 3 is 1.69 bits per heavy atom. The number of anilines is 6. The van der Waals surface area contributed by atoms with Crippen molar-refractivity contribution in [1.82, 2.24) is 4.57 Å². The summed E-state index contributed by atoms with van der Waals surface area (Å²) in [6.07, 6.45) is 2.27. The maximum absolute atomic E-state index is 2.76. The Balaban J connectivity index is 1.32. The molecule has 0 saturated carbocycles. The first-order valence-corrected chi connectivity index (χ1v) is 27.2. The molecule has 3 nitrogen and oxygen atoms in total. The molecule has 0 radical (unpaired) electrons. The number of hydrogen-bond donors (Lipinski definition) is 0. The van der Waals surface area contributed by atoms with Gasteiger partial charge in [0.25, 0.3) is 6.71 Å². The monoisotopic (exact) mass is 954 g/mol. The van der Waals surface area contributed by atoms with Gasteiger partial charge in [0.1, 0.15) is 0 Å².